The first-order valence-corrected chi connectivity index (χ1v) is 7.84. The molecule has 0 radical (unpaired) electrons. The Morgan fingerprint density at radius 3 is 2.61 bits per heavy atom. The molecule has 3 atom stereocenters. The second-order valence-electron chi connectivity index (χ2n) is 6.82. The van der Waals surface area contributed by atoms with E-state index in [1.165, 1.54) is 38.6 Å². The van der Waals surface area contributed by atoms with E-state index in [1.54, 1.807) is 0 Å². The minimum absolute atomic E-state index is 0.285. The molecule has 100 valence electrons. The number of nitrogens with one attached hydrogen (secondary N) is 1. The van der Waals surface area contributed by atoms with Crippen LogP contribution in [0.1, 0.15) is 44.9 Å². The SMILES string of the molecule is O=C(C1CC1)N1CCC2CCC21C1CCCNC1. The molecule has 2 aliphatic carbocycles. The lowest BCUT2D eigenvalue weighted by molar-refractivity contribution is -0.146. The van der Waals surface area contributed by atoms with Crippen molar-refractivity contribution in [1.82, 2.24) is 10.2 Å². The maximum absolute atomic E-state index is 12.6. The van der Waals surface area contributed by atoms with E-state index in [-0.39, 0.29) is 5.54 Å². The van der Waals surface area contributed by atoms with Crippen LogP contribution in [0.2, 0.25) is 0 Å². The van der Waals surface area contributed by atoms with Crippen LogP contribution in [0.25, 0.3) is 0 Å². The number of rotatable bonds is 2. The summed E-state index contributed by atoms with van der Waals surface area (Å²) in [6.07, 6.45) is 8.85. The molecule has 3 heteroatoms. The van der Waals surface area contributed by atoms with Crippen LogP contribution in [-0.2, 0) is 4.79 Å². The second kappa shape index (κ2) is 3.96. The van der Waals surface area contributed by atoms with Gasteiger partial charge >= 0.3 is 0 Å². The highest BCUT2D eigenvalue weighted by Crippen LogP contribution is 2.56. The summed E-state index contributed by atoms with van der Waals surface area (Å²) in [6, 6.07) is 0. The van der Waals surface area contributed by atoms with Crippen LogP contribution in [0.15, 0.2) is 0 Å². The standard InChI is InChI=1S/C15H24N2O/c18-14(11-3-4-11)17-9-6-12-5-7-15(12,17)13-2-1-8-16-10-13/h11-13,16H,1-10H2. The van der Waals surface area contributed by atoms with Gasteiger partial charge in [-0.05, 0) is 63.3 Å². The van der Waals surface area contributed by atoms with Crippen molar-refractivity contribution in [3.63, 3.8) is 0 Å². The van der Waals surface area contributed by atoms with E-state index < -0.39 is 0 Å². The van der Waals surface area contributed by atoms with Gasteiger partial charge in [-0.15, -0.1) is 0 Å². The van der Waals surface area contributed by atoms with Gasteiger partial charge in [0.05, 0.1) is 0 Å². The van der Waals surface area contributed by atoms with Gasteiger partial charge in [0.15, 0.2) is 0 Å². The van der Waals surface area contributed by atoms with Crippen LogP contribution in [-0.4, -0.2) is 36.0 Å². The van der Waals surface area contributed by atoms with Gasteiger partial charge in [0.25, 0.3) is 0 Å². The molecule has 0 bridgehead atoms. The second-order valence-corrected chi connectivity index (χ2v) is 6.82. The molecule has 2 aliphatic heterocycles. The molecule has 3 unspecified atom stereocenters. The number of piperidine rings is 1. The average molecular weight is 248 g/mol. The van der Waals surface area contributed by atoms with Crippen molar-refractivity contribution >= 4 is 5.91 Å². The lowest BCUT2D eigenvalue weighted by Gasteiger charge is -2.56. The Balaban J connectivity index is 1.60. The van der Waals surface area contributed by atoms with E-state index in [0.717, 1.165) is 37.8 Å². The van der Waals surface area contributed by atoms with Crippen LogP contribution >= 0.6 is 0 Å². The number of amides is 1. The zero-order valence-corrected chi connectivity index (χ0v) is 11.2. The van der Waals surface area contributed by atoms with E-state index in [4.69, 9.17) is 0 Å². The average Bonchev–Trinajstić information content (AvgIpc) is 3.17. The summed E-state index contributed by atoms with van der Waals surface area (Å²) < 4.78 is 0. The topological polar surface area (TPSA) is 32.3 Å². The van der Waals surface area contributed by atoms with Crippen LogP contribution in [0.5, 0.6) is 0 Å². The Morgan fingerprint density at radius 2 is 2.00 bits per heavy atom. The van der Waals surface area contributed by atoms with Crippen LogP contribution in [0.3, 0.4) is 0 Å². The molecule has 0 aromatic heterocycles. The highest BCUT2D eigenvalue weighted by Gasteiger charge is 2.61. The molecular formula is C15H24N2O. The van der Waals surface area contributed by atoms with Gasteiger partial charge < -0.3 is 10.2 Å². The van der Waals surface area contributed by atoms with E-state index in [1.807, 2.05) is 0 Å². The third-order valence-electron chi connectivity index (χ3n) is 6.00. The van der Waals surface area contributed by atoms with Crippen molar-refractivity contribution < 1.29 is 4.79 Å². The first-order valence-electron chi connectivity index (χ1n) is 7.84. The van der Waals surface area contributed by atoms with Crippen molar-refractivity contribution in [3.8, 4) is 0 Å². The Hall–Kier alpha value is -0.570. The fourth-order valence-electron chi connectivity index (χ4n) is 4.79. The normalized spacial score (nSPS) is 43.4. The molecule has 0 spiro atoms. The molecule has 4 fully saturated rings. The molecular weight excluding hydrogens is 224 g/mol. The number of hydrogen-bond acceptors (Lipinski definition) is 2. The molecule has 0 aromatic carbocycles. The van der Waals surface area contributed by atoms with Crippen molar-refractivity contribution in [2.24, 2.45) is 17.8 Å². The summed E-state index contributed by atoms with van der Waals surface area (Å²) in [5.41, 5.74) is 0.285. The number of carbonyl (C=O) groups excluding carboxylic acids is 1. The number of fused-ring (bicyclic) bond motifs is 1. The van der Waals surface area contributed by atoms with Gasteiger partial charge in [0, 0.05) is 24.5 Å². The lowest BCUT2D eigenvalue weighted by atomic mass is 9.59. The van der Waals surface area contributed by atoms with E-state index in [2.05, 4.69) is 10.2 Å². The van der Waals surface area contributed by atoms with Crippen molar-refractivity contribution in [1.29, 1.82) is 0 Å². The first-order chi connectivity index (χ1) is 8.82. The van der Waals surface area contributed by atoms with E-state index >= 15 is 0 Å². The quantitative estimate of drug-likeness (QED) is 0.808. The maximum Gasteiger partial charge on any atom is 0.226 e. The molecule has 2 saturated carbocycles. The molecule has 4 rings (SSSR count). The van der Waals surface area contributed by atoms with Crippen LogP contribution < -0.4 is 5.32 Å². The smallest absolute Gasteiger partial charge is 0.226 e. The fourth-order valence-corrected chi connectivity index (χ4v) is 4.79. The van der Waals surface area contributed by atoms with Crippen molar-refractivity contribution in [2.75, 3.05) is 19.6 Å². The minimum Gasteiger partial charge on any atom is -0.336 e. The van der Waals surface area contributed by atoms with Gasteiger partial charge in [0.2, 0.25) is 5.91 Å². The molecule has 18 heavy (non-hydrogen) atoms. The number of nitrogens with zero attached hydrogens (tertiary/aromatic N) is 1. The molecule has 3 nitrogen and oxygen atoms in total. The Morgan fingerprint density at radius 1 is 1.11 bits per heavy atom. The Labute approximate surface area is 109 Å². The van der Waals surface area contributed by atoms with Gasteiger partial charge in [-0.2, -0.15) is 0 Å². The third kappa shape index (κ3) is 1.43. The first kappa shape index (κ1) is 11.3. The monoisotopic (exact) mass is 248 g/mol. The Bertz CT molecular complexity index is 360. The molecule has 1 amide bonds. The Kier molecular flexibility index (Phi) is 2.48. The third-order valence-corrected chi connectivity index (χ3v) is 6.00. The molecule has 4 aliphatic rings. The van der Waals surface area contributed by atoms with Gasteiger partial charge in [0.1, 0.15) is 0 Å². The summed E-state index contributed by atoms with van der Waals surface area (Å²) in [4.78, 5) is 14.9. The minimum atomic E-state index is 0.285. The summed E-state index contributed by atoms with van der Waals surface area (Å²) in [5.74, 6) is 2.46. The lowest BCUT2D eigenvalue weighted by Crippen LogP contribution is -2.63. The largest absolute Gasteiger partial charge is 0.336 e. The molecule has 2 saturated heterocycles. The van der Waals surface area contributed by atoms with Crippen LogP contribution in [0, 0.1) is 17.8 Å². The zero-order valence-electron chi connectivity index (χ0n) is 11.2. The van der Waals surface area contributed by atoms with Gasteiger partial charge in [-0.3, -0.25) is 4.79 Å². The molecule has 2 heterocycles. The number of carbonyl (C=O) groups is 1. The van der Waals surface area contributed by atoms with Crippen LogP contribution in [0.4, 0.5) is 0 Å². The number of hydrogen-bond donors (Lipinski definition) is 1. The molecule has 1 N–H and O–H groups in total. The summed E-state index contributed by atoms with van der Waals surface area (Å²) in [5, 5.41) is 3.56. The summed E-state index contributed by atoms with van der Waals surface area (Å²) in [6.45, 7) is 3.37. The number of likely N-dealkylation sites (tertiary alicyclic amines) is 1. The molecule has 0 aromatic rings. The van der Waals surface area contributed by atoms with E-state index in [0.29, 0.717) is 11.8 Å². The highest BCUT2D eigenvalue weighted by molar-refractivity contribution is 5.82. The van der Waals surface area contributed by atoms with Gasteiger partial charge in [-0.25, -0.2) is 0 Å². The van der Waals surface area contributed by atoms with Crippen molar-refractivity contribution in [3.05, 3.63) is 0 Å². The predicted molar refractivity (Wildman–Crippen MR) is 70.1 cm³/mol. The summed E-state index contributed by atoms with van der Waals surface area (Å²) in [7, 11) is 0. The highest BCUT2D eigenvalue weighted by atomic mass is 16.2. The zero-order chi connectivity index (χ0) is 12.2. The van der Waals surface area contributed by atoms with Gasteiger partial charge in [-0.1, -0.05) is 0 Å². The van der Waals surface area contributed by atoms with E-state index in [9.17, 15) is 4.79 Å². The maximum atomic E-state index is 12.6. The van der Waals surface area contributed by atoms with Crippen molar-refractivity contribution in [2.45, 2.75) is 50.5 Å². The fraction of sp³-hybridized carbons (Fsp3) is 0.933. The predicted octanol–water partition coefficient (Wildman–Crippen LogP) is 1.78. The summed E-state index contributed by atoms with van der Waals surface area (Å²) >= 11 is 0.